The van der Waals surface area contributed by atoms with Gasteiger partial charge in [-0.25, -0.2) is 9.97 Å². The molecule has 0 aromatic carbocycles. The van der Waals surface area contributed by atoms with Gasteiger partial charge in [0.1, 0.15) is 17.5 Å². The Kier molecular flexibility index (Phi) is 4.28. The van der Waals surface area contributed by atoms with E-state index >= 15 is 0 Å². The third-order valence-corrected chi connectivity index (χ3v) is 2.59. The second-order valence-electron chi connectivity index (χ2n) is 4.34. The Hall–Kier alpha value is -2.17. The van der Waals surface area contributed by atoms with E-state index in [1.807, 2.05) is 45.0 Å². The van der Waals surface area contributed by atoms with Gasteiger partial charge >= 0.3 is 0 Å². The molecule has 0 aliphatic rings. The van der Waals surface area contributed by atoms with Crippen molar-refractivity contribution in [2.75, 3.05) is 17.2 Å². The van der Waals surface area contributed by atoms with Crippen LogP contribution in [0.25, 0.3) is 0 Å². The number of nitrogens with zero attached hydrogens (tertiary/aromatic N) is 3. The zero-order valence-electron chi connectivity index (χ0n) is 11.6. The summed E-state index contributed by atoms with van der Waals surface area (Å²) in [6.45, 7) is 7.42. The molecule has 0 bridgehead atoms. The minimum absolute atomic E-state index is 0.656. The van der Waals surface area contributed by atoms with Crippen LogP contribution in [0.3, 0.4) is 0 Å². The Morgan fingerprint density at radius 1 is 1.00 bits per heavy atom. The van der Waals surface area contributed by atoms with Gasteiger partial charge in [0.05, 0.1) is 12.2 Å². The van der Waals surface area contributed by atoms with Gasteiger partial charge < -0.3 is 10.6 Å². The van der Waals surface area contributed by atoms with Gasteiger partial charge in [-0.2, -0.15) is 0 Å². The summed E-state index contributed by atoms with van der Waals surface area (Å²) in [6.07, 6.45) is 0. The molecular formula is C14H19N5. The lowest BCUT2D eigenvalue weighted by molar-refractivity contribution is 0.977. The lowest BCUT2D eigenvalue weighted by atomic mass is 10.3. The molecule has 0 aliphatic carbocycles. The number of pyridine rings is 1. The first-order valence-corrected chi connectivity index (χ1v) is 6.43. The predicted molar refractivity (Wildman–Crippen MR) is 77.2 cm³/mol. The van der Waals surface area contributed by atoms with Crippen molar-refractivity contribution in [3.8, 4) is 0 Å². The fraction of sp³-hybridized carbons (Fsp3) is 0.357. The van der Waals surface area contributed by atoms with Crippen LogP contribution >= 0.6 is 0 Å². The summed E-state index contributed by atoms with van der Waals surface area (Å²) in [4.78, 5) is 13.1. The van der Waals surface area contributed by atoms with Crippen molar-refractivity contribution >= 4 is 11.6 Å². The lowest BCUT2D eigenvalue weighted by Crippen LogP contribution is -2.07. The van der Waals surface area contributed by atoms with Crippen LogP contribution in [0.2, 0.25) is 0 Å². The first kappa shape index (κ1) is 13.3. The molecule has 2 N–H and O–H groups in total. The summed E-state index contributed by atoms with van der Waals surface area (Å²) in [6, 6.07) is 7.90. The number of anilines is 2. The van der Waals surface area contributed by atoms with E-state index in [-0.39, 0.29) is 0 Å². The van der Waals surface area contributed by atoms with Crippen LogP contribution in [0.1, 0.15) is 24.1 Å². The fourth-order valence-electron chi connectivity index (χ4n) is 1.81. The van der Waals surface area contributed by atoms with Crippen LogP contribution in [0.5, 0.6) is 0 Å². The minimum Gasteiger partial charge on any atom is -0.370 e. The van der Waals surface area contributed by atoms with Crippen LogP contribution in [0.15, 0.2) is 24.3 Å². The van der Waals surface area contributed by atoms with Crippen LogP contribution in [-0.2, 0) is 6.54 Å². The third kappa shape index (κ3) is 3.91. The number of aryl methyl sites for hydroxylation is 2. The summed E-state index contributed by atoms with van der Waals surface area (Å²) >= 11 is 0. The third-order valence-electron chi connectivity index (χ3n) is 2.59. The fourth-order valence-corrected chi connectivity index (χ4v) is 1.81. The molecule has 19 heavy (non-hydrogen) atoms. The quantitative estimate of drug-likeness (QED) is 0.861. The van der Waals surface area contributed by atoms with Gasteiger partial charge in [-0.05, 0) is 32.9 Å². The average molecular weight is 257 g/mol. The van der Waals surface area contributed by atoms with Crippen LogP contribution in [0.4, 0.5) is 11.6 Å². The minimum atomic E-state index is 0.656. The Morgan fingerprint density at radius 3 is 2.42 bits per heavy atom. The molecule has 2 aromatic rings. The highest BCUT2D eigenvalue weighted by Crippen LogP contribution is 2.11. The van der Waals surface area contributed by atoms with Crippen molar-refractivity contribution < 1.29 is 0 Å². The van der Waals surface area contributed by atoms with Gasteiger partial charge in [0.2, 0.25) is 0 Å². The first-order valence-electron chi connectivity index (χ1n) is 6.43. The van der Waals surface area contributed by atoms with Crippen LogP contribution < -0.4 is 10.6 Å². The van der Waals surface area contributed by atoms with E-state index in [4.69, 9.17) is 0 Å². The standard InChI is InChI=1S/C14H19N5/c1-4-15-13-8-14(19-11(3)18-13)16-9-12-7-5-6-10(2)17-12/h5-8H,4,9H2,1-3H3,(H2,15,16,18,19). The van der Waals surface area contributed by atoms with Gasteiger partial charge in [0, 0.05) is 18.3 Å². The normalized spacial score (nSPS) is 10.3. The van der Waals surface area contributed by atoms with E-state index < -0.39 is 0 Å². The lowest BCUT2D eigenvalue weighted by Gasteiger charge is -2.09. The molecule has 0 spiro atoms. The van der Waals surface area contributed by atoms with Crippen molar-refractivity contribution in [3.05, 3.63) is 41.5 Å². The van der Waals surface area contributed by atoms with Gasteiger partial charge in [0.15, 0.2) is 0 Å². The first-order chi connectivity index (χ1) is 9.17. The molecule has 0 fully saturated rings. The maximum atomic E-state index is 4.45. The molecule has 0 radical (unpaired) electrons. The highest BCUT2D eigenvalue weighted by molar-refractivity contribution is 5.47. The molecule has 0 amide bonds. The zero-order chi connectivity index (χ0) is 13.7. The maximum Gasteiger partial charge on any atom is 0.132 e. The molecule has 100 valence electrons. The number of hydrogen-bond donors (Lipinski definition) is 2. The Labute approximate surface area is 113 Å². The van der Waals surface area contributed by atoms with E-state index in [1.165, 1.54) is 0 Å². The molecule has 0 saturated heterocycles. The smallest absolute Gasteiger partial charge is 0.132 e. The Balaban J connectivity index is 2.06. The second-order valence-corrected chi connectivity index (χ2v) is 4.34. The highest BCUT2D eigenvalue weighted by Gasteiger charge is 2.01. The second kappa shape index (κ2) is 6.13. The largest absolute Gasteiger partial charge is 0.370 e. The van der Waals surface area contributed by atoms with Crippen molar-refractivity contribution in [1.82, 2.24) is 15.0 Å². The predicted octanol–water partition coefficient (Wildman–Crippen LogP) is 2.53. The van der Waals surface area contributed by atoms with E-state index in [2.05, 4.69) is 25.6 Å². The topological polar surface area (TPSA) is 62.7 Å². The van der Waals surface area contributed by atoms with Crippen LogP contribution in [0, 0.1) is 13.8 Å². The number of rotatable bonds is 5. The van der Waals surface area contributed by atoms with E-state index in [1.54, 1.807) is 0 Å². The molecule has 0 aliphatic heterocycles. The molecule has 0 saturated carbocycles. The average Bonchev–Trinajstić information content (AvgIpc) is 2.36. The monoisotopic (exact) mass is 257 g/mol. The van der Waals surface area contributed by atoms with Crippen molar-refractivity contribution in [3.63, 3.8) is 0 Å². The van der Waals surface area contributed by atoms with Gasteiger partial charge in [-0.15, -0.1) is 0 Å². The molecule has 0 atom stereocenters. The van der Waals surface area contributed by atoms with Crippen molar-refractivity contribution in [2.24, 2.45) is 0 Å². The number of hydrogen-bond acceptors (Lipinski definition) is 5. The molecule has 2 aromatic heterocycles. The number of aromatic nitrogens is 3. The summed E-state index contributed by atoms with van der Waals surface area (Å²) < 4.78 is 0. The molecule has 2 heterocycles. The summed E-state index contributed by atoms with van der Waals surface area (Å²) in [7, 11) is 0. The molecule has 5 nitrogen and oxygen atoms in total. The van der Waals surface area contributed by atoms with E-state index in [0.29, 0.717) is 6.54 Å². The van der Waals surface area contributed by atoms with E-state index in [0.717, 1.165) is 35.4 Å². The van der Waals surface area contributed by atoms with Crippen molar-refractivity contribution in [1.29, 1.82) is 0 Å². The molecule has 0 unspecified atom stereocenters. The zero-order valence-corrected chi connectivity index (χ0v) is 11.6. The van der Waals surface area contributed by atoms with Crippen molar-refractivity contribution in [2.45, 2.75) is 27.3 Å². The Morgan fingerprint density at radius 2 is 1.74 bits per heavy atom. The summed E-state index contributed by atoms with van der Waals surface area (Å²) in [5.41, 5.74) is 2.02. The summed E-state index contributed by atoms with van der Waals surface area (Å²) in [5.74, 6) is 2.40. The number of nitrogens with one attached hydrogen (secondary N) is 2. The SMILES string of the molecule is CCNc1cc(NCc2cccc(C)n2)nc(C)n1. The maximum absolute atomic E-state index is 4.45. The molecule has 2 rings (SSSR count). The Bertz CT molecular complexity index is 553. The highest BCUT2D eigenvalue weighted by atomic mass is 15.1. The van der Waals surface area contributed by atoms with Crippen LogP contribution in [-0.4, -0.2) is 21.5 Å². The van der Waals surface area contributed by atoms with E-state index in [9.17, 15) is 0 Å². The summed E-state index contributed by atoms with van der Waals surface area (Å²) in [5, 5.41) is 6.46. The molecule has 5 heteroatoms. The van der Waals surface area contributed by atoms with Gasteiger partial charge in [0.25, 0.3) is 0 Å². The van der Waals surface area contributed by atoms with Gasteiger partial charge in [-0.3, -0.25) is 4.98 Å². The molecular weight excluding hydrogens is 238 g/mol. The van der Waals surface area contributed by atoms with Gasteiger partial charge in [-0.1, -0.05) is 6.07 Å².